The Bertz CT molecular complexity index is 1440. The molecule has 2 aliphatic heterocycles. The Morgan fingerprint density at radius 2 is 0.978 bits per heavy atom. The lowest BCUT2D eigenvalue weighted by molar-refractivity contribution is -0.183. The van der Waals surface area contributed by atoms with Gasteiger partial charge in [-0.25, -0.2) is 0 Å². The summed E-state index contributed by atoms with van der Waals surface area (Å²) in [5.41, 5.74) is 4.13. The van der Waals surface area contributed by atoms with E-state index >= 15 is 0 Å². The molecule has 0 radical (unpaired) electrons. The summed E-state index contributed by atoms with van der Waals surface area (Å²) in [6.45, 7) is 15.5. The highest BCUT2D eigenvalue weighted by atomic mass is 16.5. The number of aliphatic carboxylic acids is 2. The van der Waals surface area contributed by atoms with E-state index in [1.165, 1.54) is 0 Å². The van der Waals surface area contributed by atoms with Gasteiger partial charge in [0.2, 0.25) is 0 Å². The van der Waals surface area contributed by atoms with E-state index in [1.54, 1.807) is 0 Å². The van der Waals surface area contributed by atoms with Gasteiger partial charge in [0.05, 0.1) is 23.0 Å². The predicted molar refractivity (Wildman–Crippen MR) is 176 cm³/mol. The maximum Gasteiger partial charge on any atom is 0.310 e. The van der Waals surface area contributed by atoms with Gasteiger partial charge >= 0.3 is 11.9 Å². The fourth-order valence-corrected chi connectivity index (χ4v) is 9.00. The lowest BCUT2D eigenvalue weighted by Gasteiger charge is -2.50. The minimum Gasteiger partial charge on any atom is -0.507 e. The van der Waals surface area contributed by atoms with Crippen molar-refractivity contribution in [2.45, 2.75) is 132 Å². The van der Waals surface area contributed by atoms with Crippen molar-refractivity contribution in [2.24, 2.45) is 22.7 Å². The van der Waals surface area contributed by atoms with Crippen molar-refractivity contribution in [1.82, 2.24) is 0 Å². The molecule has 1 fully saturated rings. The third-order valence-electron chi connectivity index (χ3n) is 12.6. The van der Waals surface area contributed by atoms with Crippen LogP contribution in [0.15, 0.2) is 0 Å². The maximum absolute atomic E-state index is 13.4. The zero-order chi connectivity index (χ0) is 33.9. The topological polar surface area (TPSA) is 134 Å². The molecule has 8 heteroatoms. The Morgan fingerprint density at radius 3 is 1.30 bits per heavy atom. The number of phenols is 2. The van der Waals surface area contributed by atoms with Gasteiger partial charge in [0.15, 0.2) is 0 Å². The number of phenolic OH excluding ortho intramolecular Hbond substituents is 2. The zero-order valence-corrected chi connectivity index (χ0v) is 28.8. The molecular weight excluding hydrogens is 584 g/mol. The molecule has 2 aromatic carbocycles. The Kier molecular flexibility index (Phi) is 9.08. The Labute approximate surface area is 273 Å². The van der Waals surface area contributed by atoms with Crippen molar-refractivity contribution >= 4 is 11.9 Å². The minimum absolute atomic E-state index is 0.0111. The molecule has 6 unspecified atom stereocenters. The molecule has 6 atom stereocenters. The SMILES string of the molecule is Cc1c(C)c2c(c(C)c1O)CC(CCC1(C(=O)O)CCCCC1(CCC1Cc3c(C)c(O)c(C)c(C)c3OC1C)C(=O)O)C(C)O2. The lowest BCUT2D eigenvalue weighted by Crippen LogP contribution is -2.55. The number of benzene rings is 2. The smallest absolute Gasteiger partial charge is 0.310 e. The fourth-order valence-electron chi connectivity index (χ4n) is 9.00. The van der Waals surface area contributed by atoms with Crippen LogP contribution in [-0.4, -0.2) is 44.6 Å². The molecule has 2 heterocycles. The summed E-state index contributed by atoms with van der Waals surface area (Å²) in [7, 11) is 0. The second-order valence-corrected chi connectivity index (χ2v) is 14.7. The third-order valence-corrected chi connectivity index (χ3v) is 12.6. The van der Waals surface area contributed by atoms with Gasteiger partial charge in [-0.3, -0.25) is 9.59 Å². The molecule has 0 aromatic heterocycles. The highest BCUT2D eigenvalue weighted by Crippen LogP contribution is 2.58. The quantitative estimate of drug-likeness (QED) is 0.231. The van der Waals surface area contributed by atoms with Gasteiger partial charge in [0, 0.05) is 11.1 Å². The molecule has 0 bridgehead atoms. The molecule has 0 spiro atoms. The normalized spacial score (nSPS) is 28.9. The van der Waals surface area contributed by atoms with Gasteiger partial charge in [-0.1, -0.05) is 12.8 Å². The summed E-state index contributed by atoms with van der Waals surface area (Å²) in [5, 5.41) is 43.4. The average molecular weight is 637 g/mol. The van der Waals surface area contributed by atoms with E-state index in [0.717, 1.165) is 56.0 Å². The summed E-state index contributed by atoms with van der Waals surface area (Å²) >= 11 is 0. The van der Waals surface area contributed by atoms with Crippen molar-refractivity contribution in [2.75, 3.05) is 0 Å². The fraction of sp³-hybridized carbons (Fsp3) is 0.632. The number of aromatic hydroxyl groups is 2. The standard InChI is InChI=1S/C38H52O8/c1-19-21(3)33-29(23(5)31(19)39)17-27(25(7)45-33)11-15-37(35(41)42)13-9-10-14-38(37,36(43)44)16-12-28-18-30-24(6)32(40)20(2)22(4)34(30)46-26(28)8/h25-28,39-40H,9-18H2,1-8H3,(H,41,42)(H,43,44). The van der Waals surface area contributed by atoms with Crippen LogP contribution in [0.1, 0.15) is 110 Å². The van der Waals surface area contributed by atoms with Crippen LogP contribution >= 0.6 is 0 Å². The van der Waals surface area contributed by atoms with Gasteiger partial charge in [-0.2, -0.15) is 0 Å². The van der Waals surface area contributed by atoms with Gasteiger partial charge < -0.3 is 29.9 Å². The molecule has 8 nitrogen and oxygen atoms in total. The molecule has 1 aliphatic carbocycles. The van der Waals surface area contributed by atoms with Crippen molar-refractivity contribution in [3.8, 4) is 23.0 Å². The molecule has 46 heavy (non-hydrogen) atoms. The summed E-state index contributed by atoms with van der Waals surface area (Å²) < 4.78 is 12.8. The Balaban J connectivity index is 1.42. The first-order valence-corrected chi connectivity index (χ1v) is 17.0. The van der Waals surface area contributed by atoms with Gasteiger partial charge in [0.25, 0.3) is 0 Å². The number of carboxylic acids is 2. The van der Waals surface area contributed by atoms with Crippen LogP contribution in [0.2, 0.25) is 0 Å². The monoisotopic (exact) mass is 636 g/mol. The maximum atomic E-state index is 13.4. The molecule has 252 valence electrons. The first-order chi connectivity index (χ1) is 21.6. The van der Waals surface area contributed by atoms with E-state index in [9.17, 15) is 30.0 Å². The van der Waals surface area contributed by atoms with Gasteiger partial charge in [-0.05, 0) is 152 Å². The molecule has 2 aromatic rings. The molecule has 5 rings (SSSR count). The van der Waals surface area contributed by atoms with Crippen LogP contribution in [0.3, 0.4) is 0 Å². The van der Waals surface area contributed by atoms with Crippen LogP contribution in [0, 0.1) is 64.2 Å². The van der Waals surface area contributed by atoms with Gasteiger partial charge in [0.1, 0.15) is 23.0 Å². The van der Waals surface area contributed by atoms with E-state index in [1.807, 2.05) is 55.4 Å². The largest absolute Gasteiger partial charge is 0.507 e. The second-order valence-electron chi connectivity index (χ2n) is 14.7. The first-order valence-electron chi connectivity index (χ1n) is 17.0. The molecule has 0 saturated heterocycles. The predicted octanol–water partition coefficient (Wildman–Crippen LogP) is 7.80. The third kappa shape index (κ3) is 5.20. The van der Waals surface area contributed by atoms with Crippen molar-refractivity contribution in [3.05, 3.63) is 44.5 Å². The lowest BCUT2D eigenvalue weighted by atomic mass is 9.51. The number of carbonyl (C=O) groups is 2. The van der Waals surface area contributed by atoms with E-state index in [4.69, 9.17) is 9.47 Å². The Morgan fingerprint density at radius 1 is 0.630 bits per heavy atom. The van der Waals surface area contributed by atoms with Crippen molar-refractivity contribution in [1.29, 1.82) is 0 Å². The average Bonchev–Trinajstić information content (AvgIpc) is 3.03. The molecule has 0 amide bonds. The van der Waals surface area contributed by atoms with Crippen LogP contribution in [0.25, 0.3) is 0 Å². The summed E-state index contributed by atoms with van der Waals surface area (Å²) in [6.07, 6.45) is 4.51. The van der Waals surface area contributed by atoms with Crippen LogP contribution in [0.4, 0.5) is 0 Å². The summed E-state index contributed by atoms with van der Waals surface area (Å²) in [5.74, 6) is 0.0847. The molecule has 3 aliphatic rings. The number of ether oxygens (including phenoxy) is 2. The van der Waals surface area contributed by atoms with Crippen molar-refractivity contribution in [3.63, 3.8) is 0 Å². The van der Waals surface area contributed by atoms with E-state index in [2.05, 4.69) is 0 Å². The van der Waals surface area contributed by atoms with Crippen LogP contribution in [-0.2, 0) is 22.4 Å². The number of hydrogen-bond donors (Lipinski definition) is 4. The Hall–Kier alpha value is -3.42. The number of hydrogen-bond acceptors (Lipinski definition) is 6. The molecule has 4 N–H and O–H groups in total. The van der Waals surface area contributed by atoms with Gasteiger partial charge in [-0.15, -0.1) is 0 Å². The van der Waals surface area contributed by atoms with Crippen LogP contribution in [0.5, 0.6) is 23.0 Å². The van der Waals surface area contributed by atoms with E-state index in [-0.39, 0.29) is 48.4 Å². The highest BCUT2D eigenvalue weighted by molar-refractivity contribution is 5.87. The highest BCUT2D eigenvalue weighted by Gasteiger charge is 2.62. The molecular formula is C38H52O8. The second kappa shape index (κ2) is 12.3. The number of fused-ring (bicyclic) bond motifs is 2. The number of rotatable bonds is 8. The van der Waals surface area contributed by atoms with Crippen LogP contribution < -0.4 is 9.47 Å². The first kappa shape index (κ1) is 33.9. The summed E-state index contributed by atoms with van der Waals surface area (Å²) in [6, 6.07) is 0. The van der Waals surface area contributed by atoms with Crippen molar-refractivity contribution < 1.29 is 39.5 Å². The number of carboxylic acid groups (broad SMARTS) is 2. The molecule has 1 saturated carbocycles. The van der Waals surface area contributed by atoms with E-state index in [0.29, 0.717) is 51.4 Å². The minimum atomic E-state index is -1.41. The van der Waals surface area contributed by atoms with E-state index < -0.39 is 22.8 Å². The zero-order valence-electron chi connectivity index (χ0n) is 28.8. The summed E-state index contributed by atoms with van der Waals surface area (Å²) in [4.78, 5) is 26.8.